The van der Waals surface area contributed by atoms with Crippen molar-refractivity contribution in [2.75, 3.05) is 31.2 Å². The maximum absolute atomic E-state index is 13.2. The summed E-state index contributed by atoms with van der Waals surface area (Å²) >= 11 is 0. The Labute approximate surface area is 144 Å². The van der Waals surface area contributed by atoms with E-state index >= 15 is 0 Å². The van der Waals surface area contributed by atoms with Crippen LogP contribution in [0.4, 0.5) is 4.39 Å². The van der Waals surface area contributed by atoms with E-state index in [0.29, 0.717) is 11.8 Å². The van der Waals surface area contributed by atoms with Crippen LogP contribution >= 0.6 is 0 Å². The number of nitrogens with one attached hydrogen (secondary N) is 1. The zero-order valence-corrected chi connectivity index (χ0v) is 13.8. The van der Waals surface area contributed by atoms with Gasteiger partial charge in [0.15, 0.2) is 0 Å². The van der Waals surface area contributed by atoms with Gasteiger partial charge in [-0.1, -0.05) is 30.3 Å². The highest BCUT2D eigenvalue weighted by molar-refractivity contribution is 5.83. The third-order valence-corrected chi connectivity index (χ3v) is 4.51. The second kappa shape index (κ2) is 6.64. The fourth-order valence-electron chi connectivity index (χ4n) is 3.20. The standard InChI is InChI=1S/C19H19FN4O/c20-15-7-5-14(6-8-15)13-18-16-3-1-2-4-17(16)19(25)24(22-18)23-11-9-21-10-12-23/h1-8,21H,9-13H2. The van der Waals surface area contributed by atoms with Crippen molar-refractivity contribution in [2.24, 2.45) is 0 Å². The maximum atomic E-state index is 13.2. The molecule has 2 heterocycles. The smallest absolute Gasteiger partial charge is 0.293 e. The van der Waals surface area contributed by atoms with Crippen molar-refractivity contribution in [3.8, 4) is 0 Å². The van der Waals surface area contributed by atoms with Gasteiger partial charge in [0.1, 0.15) is 5.82 Å². The number of nitrogens with zero attached hydrogens (tertiary/aromatic N) is 3. The molecule has 0 aliphatic carbocycles. The fraction of sp³-hybridized carbons (Fsp3) is 0.263. The van der Waals surface area contributed by atoms with Crippen LogP contribution in [0.25, 0.3) is 10.8 Å². The van der Waals surface area contributed by atoms with Gasteiger partial charge >= 0.3 is 0 Å². The number of aromatic nitrogens is 2. The summed E-state index contributed by atoms with van der Waals surface area (Å²) in [4.78, 5) is 14.4. The molecule has 1 aliphatic heterocycles. The lowest BCUT2D eigenvalue weighted by Gasteiger charge is -2.29. The first-order chi connectivity index (χ1) is 12.2. The second-order valence-electron chi connectivity index (χ2n) is 6.19. The molecule has 1 fully saturated rings. The molecular weight excluding hydrogens is 319 g/mol. The number of piperazine rings is 1. The summed E-state index contributed by atoms with van der Waals surface area (Å²) in [6.07, 6.45) is 0.549. The number of benzene rings is 2. The number of rotatable bonds is 3. The van der Waals surface area contributed by atoms with Crippen molar-refractivity contribution in [1.29, 1.82) is 0 Å². The minimum absolute atomic E-state index is 0.0969. The second-order valence-corrected chi connectivity index (χ2v) is 6.19. The average Bonchev–Trinajstić information content (AvgIpc) is 2.66. The quantitative estimate of drug-likeness (QED) is 0.789. The van der Waals surface area contributed by atoms with Gasteiger partial charge in [0.2, 0.25) is 0 Å². The van der Waals surface area contributed by atoms with Gasteiger partial charge in [0.25, 0.3) is 5.56 Å². The molecular formula is C19H19FN4O. The number of fused-ring (bicyclic) bond motifs is 1. The highest BCUT2D eigenvalue weighted by Crippen LogP contribution is 2.17. The third-order valence-electron chi connectivity index (χ3n) is 4.51. The molecule has 4 rings (SSSR count). The summed E-state index contributed by atoms with van der Waals surface area (Å²) in [5.41, 5.74) is 1.69. The number of halogens is 1. The summed E-state index contributed by atoms with van der Waals surface area (Å²) in [5, 5.41) is 11.4. The Morgan fingerprint density at radius 2 is 1.68 bits per heavy atom. The van der Waals surface area contributed by atoms with E-state index in [1.165, 1.54) is 16.9 Å². The maximum Gasteiger partial charge on any atom is 0.293 e. The van der Waals surface area contributed by atoms with Gasteiger partial charge < -0.3 is 5.32 Å². The van der Waals surface area contributed by atoms with E-state index in [4.69, 9.17) is 0 Å². The summed E-state index contributed by atoms with van der Waals surface area (Å²) in [6.45, 7) is 3.13. The van der Waals surface area contributed by atoms with Gasteiger partial charge in [0, 0.05) is 38.0 Å². The lowest BCUT2D eigenvalue weighted by Crippen LogP contribution is -2.53. The minimum atomic E-state index is -0.257. The Hall–Kier alpha value is -2.73. The summed E-state index contributed by atoms with van der Waals surface area (Å²) in [7, 11) is 0. The fourth-order valence-corrected chi connectivity index (χ4v) is 3.20. The van der Waals surface area contributed by atoms with Gasteiger partial charge in [-0.15, -0.1) is 4.79 Å². The van der Waals surface area contributed by atoms with Crippen LogP contribution in [-0.2, 0) is 6.42 Å². The topological polar surface area (TPSA) is 50.2 Å². The van der Waals surface area contributed by atoms with Crippen molar-refractivity contribution in [1.82, 2.24) is 15.2 Å². The first kappa shape index (κ1) is 15.8. The molecule has 1 aromatic heterocycles. The Bertz CT molecular complexity index is 946. The van der Waals surface area contributed by atoms with Crippen LogP contribution in [-0.4, -0.2) is 36.1 Å². The van der Waals surface area contributed by atoms with Crippen LogP contribution in [0.3, 0.4) is 0 Å². The average molecular weight is 338 g/mol. The Morgan fingerprint density at radius 1 is 1.00 bits per heavy atom. The lowest BCUT2D eigenvalue weighted by atomic mass is 10.0. The highest BCUT2D eigenvalue weighted by Gasteiger charge is 2.17. The SMILES string of the molecule is O=c1c2ccccc2c(Cc2ccc(F)cc2)nn1N1CCNCC1. The Kier molecular flexibility index (Phi) is 4.19. The molecule has 1 aliphatic rings. The summed E-state index contributed by atoms with van der Waals surface area (Å²) in [5.74, 6) is -0.257. The molecule has 1 N–H and O–H groups in total. The monoisotopic (exact) mass is 338 g/mol. The molecule has 0 radical (unpaired) electrons. The molecule has 5 nitrogen and oxygen atoms in total. The largest absolute Gasteiger partial charge is 0.313 e. The first-order valence-electron chi connectivity index (χ1n) is 8.44. The molecule has 2 aromatic carbocycles. The normalized spacial score (nSPS) is 14.8. The third kappa shape index (κ3) is 3.13. The van der Waals surface area contributed by atoms with Gasteiger partial charge in [-0.25, -0.2) is 4.39 Å². The van der Waals surface area contributed by atoms with Crippen LogP contribution in [0, 0.1) is 5.82 Å². The Morgan fingerprint density at radius 3 is 2.40 bits per heavy atom. The van der Waals surface area contributed by atoms with Crippen molar-refractivity contribution in [2.45, 2.75) is 6.42 Å². The molecule has 0 saturated carbocycles. The van der Waals surface area contributed by atoms with Crippen molar-refractivity contribution in [3.63, 3.8) is 0 Å². The lowest BCUT2D eigenvalue weighted by molar-refractivity contribution is 0.444. The van der Waals surface area contributed by atoms with Crippen LogP contribution in [0.1, 0.15) is 11.3 Å². The van der Waals surface area contributed by atoms with Gasteiger partial charge in [-0.2, -0.15) is 5.10 Å². The predicted octanol–water partition coefficient (Wildman–Crippen LogP) is 1.67. The van der Waals surface area contributed by atoms with Gasteiger partial charge in [-0.05, 0) is 23.8 Å². The molecule has 25 heavy (non-hydrogen) atoms. The van der Waals surface area contributed by atoms with Crippen LogP contribution in [0.2, 0.25) is 0 Å². The zero-order valence-electron chi connectivity index (χ0n) is 13.8. The minimum Gasteiger partial charge on any atom is -0.313 e. The molecule has 0 bridgehead atoms. The van der Waals surface area contributed by atoms with Gasteiger partial charge in [0.05, 0.1) is 11.1 Å². The molecule has 0 unspecified atom stereocenters. The van der Waals surface area contributed by atoms with E-state index in [2.05, 4.69) is 10.4 Å². The first-order valence-corrected chi connectivity index (χ1v) is 8.44. The van der Waals surface area contributed by atoms with E-state index < -0.39 is 0 Å². The molecule has 1 saturated heterocycles. The molecule has 3 aromatic rings. The van der Waals surface area contributed by atoms with E-state index in [-0.39, 0.29) is 11.4 Å². The van der Waals surface area contributed by atoms with Gasteiger partial charge in [-0.3, -0.25) is 9.80 Å². The predicted molar refractivity (Wildman–Crippen MR) is 96.0 cm³/mol. The number of hydrogen-bond donors (Lipinski definition) is 1. The zero-order chi connectivity index (χ0) is 17.2. The van der Waals surface area contributed by atoms with Crippen LogP contribution in [0.5, 0.6) is 0 Å². The van der Waals surface area contributed by atoms with Crippen LogP contribution in [0.15, 0.2) is 53.3 Å². The van der Waals surface area contributed by atoms with E-state index in [1.807, 2.05) is 29.3 Å². The van der Waals surface area contributed by atoms with Crippen LogP contribution < -0.4 is 15.9 Å². The molecule has 0 amide bonds. The summed E-state index contributed by atoms with van der Waals surface area (Å²) < 4.78 is 13.2. The highest BCUT2D eigenvalue weighted by atomic mass is 19.1. The molecule has 0 spiro atoms. The van der Waals surface area contributed by atoms with Crippen molar-refractivity contribution >= 4 is 10.8 Å². The summed E-state index contributed by atoms with van der Waals surface area (Å²) in [6, 6.07) is 13.9. The van der Waals surface area contributed by atoms with Crippen molar-refractivity contribution < 1.29 is 4.39 Å². The molecule has 6 heteroatoms. The van der Waals surface area contributed by atoms with Crippen molar-refractivity contribution in [3.05, 3.63) is 76.0 Å². The number of hydrogen-bond acceptors (Lipinski definition) is 4. The molecule has 128 valence electrons. The molecule has 0 atom stereocenters. The Balaban J connectivity index is 1.82. The van der Waals surface area contributed by atoms with E-state index in [9.17, 15) is 9.18 Å². The van der Waals surface area contributed by atoms with E-state index in [0.717, 1.165) is 42.8 Å². The van der Waals surface area contributed by atoms with E-state index in [1.54, 1.807) is 12.1 Å².